The summed E-state index contributed by atoms with van der Waals surface area (Å²) in [6.45, 7) is 9.21. The van der Waals surface area contributed by atoms with Crippen LogP contribution in [0.3, 0.4) is 0 Å². The number of hydrogen-bond acceptors (Lipinski definition) is 3. The van der Waals surface area contributed by atoms with Crippen LogP contribution in [-0.4, -0.2) is 43.6 Å². The van der Waals surface area contributed by atoms with Crippen LogP contribution in [0, 0.1) is 11.3 Å². The average Bonchev–Trinajstić information content (AvgIpc) is 2.27. The van der Waals surface area contributed by atoms with Crippen molar-refractivity contribution < 1.29 is 13.5 Å². The van der Waals surface area contributed by atoms with Gasteiger partial charge in [0.1, 0.15) is 0 Å². The largest absolute Gasteiger partial charge is 0.395 e. The minimum absolute atomic E-state index is 0.183. The summed E-state index contributed by atoms with van der Waals surface area (Å²) in [5.41, 5.74) is 0.238. The van der Waals surface area contributed by atoms with Crippen molar-refractivity contribution in [2.24, 2.45) is 11.3 Å². The van der Waals surface area contributed by atoms with Gasteiger partial charge in [-0.2, -0.15) is 17.4 Å². The van der Waals surface area contributed by atoms with Gasteiger partial charge in [-0.1, -0.05) is 20.8 Å². The second-order valence-electron chi connectivity index (χ2n) is 6.25. The molecule has 5 nitrogen and oxygen atoms in total. The van der Waals surface area contributed by atoms with Crippen LogP contribution in [0.2, 0.25) is 0 Å². The second kappa shape index (κ2) is 5.86. The summed E-state index contributed by atoms with van der Waals surface area (Å²) in [5, 5.41) is 8.90. The van der Waals surface area contributed by atoms with Crippen molar-refractivity contribution in [2.75, 3.05) is 19.7 Å². The lowest BCUT2D eigenvalue weighted by molar-refractivity contribution is 0.152. The topological polar surface area (TPSA) is 69.6 Å². The molecular formula is C12H26N2O3S. The molecule has 0 spiro atoms. The Balaban J connectivity index is 2.57. The second-order valence-corrected chi connectivity index (χ2v) is 7.95. The molecule has 1 atom stereocenters. The third-order valence-electron chi connectivity index (χ3n) is 3.64. The summed E-state index contributed by atoms with van der Waals surface area (Å²) in [4.78, 5) is 0. The molecule has 1 aliphatic heterocycles. The number of piperidine rings is 1. The lowest BCUT2D eigenvalue weighted by atomic mass is 9.76. The molecule has 2 N–H and O–H groups in total. The van der Waals surface area contributed by atoms with Gasteiger partial charge in [-0.3, -0.25) is 0 Å². The first-order valence-corrected chi connectivity index (χ1v) is 7.99. The van der Waals surface area contributed by atoms with Crippen molar-refractivity contribution in [2.45, 2.75) is 46.6 Å². The predicted molar refractivity (Wildman–Crippen MR) is 72.4 cm³/mol. The molecule has 6 heteroatoms. The highest BCUT2D eigenvalue weighted by molar-refractivity contribution is 7.87. The first-order valence-electron chi connectivity index (χ1n) is 6.55. The number of aliphatic hydroxyl groups excluding tert-OH is 1. The van der Waals surface area contributed by atoms with Crippen LogP contribution in [0.15, 0.2) is 0 Å². The van der Waals surface area contributed by atoms with Crippen molar-refractivity contribution in [1.29, 1.82) is 0 Å². The highest BCUT2D eigenvalue weighted by atomic mass is 32.2. The summed E-state index contributed by atoms with van der Waals surface area (Å²) < 4.78 is 28.0. The molecule has 0 saturated carbocycles. The van der Waals surface area contributed by atoms with E-state index in [-0.39, 0.29) is 12.0 Å². The van der Waals surface area contributed by atoms with E-state index in [4.69, 9.17) is 5.11 Å². The Morgan fingerprint density at radius 2 is 1.83 bits per heavy atom. The summed E-state index contributed by atoms with van der Waals surface area (Å²) in [6.07, 6.45) is 1.80. The van der Waals surface area contributed by atoms with Crippen LogP contribution in [-0.2, 0) is 10.2 Å². The predicted octanol–water partition coefficient (Wildman–Crippen LogP) is 0.960. The van der Waals surface area contributed by atoms with Gasteiger partial charge in [0.2, 0.25) is 0 Å². The van der Waals surface area contributed by atoms with Crippen LogP contribution in [0.4, 0.5) is 0 Å². The number of rotatable bonds is 4. The standard InChI is InChI=1S/C12H26N2O3S/c1-10(9-15)13-18(16,17)14-7-5-11(6-8-14)12(2,3)4/h10-11,13,15H,5-9H2,1-4H3/t10-/m0/s1. The molecule has 1 aliphatic rings. The maximum absolute atomic E-state index is 12.0. The molecule has 1 fully saturated rings. The molecule has 1 rings (SSSR count). The molecule has 1 heterocycles. The van der Waals surface area contributed by atoms with Gasteiger partial charge in [0.05, 0.1) is 6.61 Å². The molecule has 0 aliphatic carbocycles. The van der Waals surface area contributed by atoms with E-state index in [0.717, 1.165) is 12.8 Å². The minimum atomic E-state index is -3.44. The van der Waals surface area contributed by atoms with E-state index in [0.29, 0.717) is 19.0 Å². The van der Waals surface area contributed by atoms with Crippen LogP contribution in [0.1, 0.15) is 40.5 Å². The van der Waals surface area contributed by atoms with E-state index in [9.17, 15) is 8.42 Å². The molecule has 18 heavy (non-hydrogen) atoms. The Bertz CT molecular complexity index is 354. The van der Waals surface area contributed by atoms with Crippen molar-refractivity contribution in [3.63, 3.8) is 0 Å². The zero-order valence-corrected chi connectivity index (χ0v) is 12.6. The van der Waals surface area contributed by atoms with E-state index in [2.05, 4.69) is 25.5 Å². The van der Waals surface area contributed by atoms with Gasteiger partial charge < -0.3 is 5.11 Å². The SMILES string of the molecule is C[C@@H](CO)NS(=O)(=O)N1CCC(C(C)(C)C)CC1. The smallest absolute Gasteiger partial charge is 0.279 e. The molecule has 0 aromatic rings. The summed E-state index contributed by atoms with van der Waals surface area (Å²) in [6, 6.07) is -0.435. The summed E-state index contributed by atoms with van der Waals surface area (Å²) >= 11 is 0. The number of hydrogen-bond donors (Lipinski definition) is 2. The zero-order chi connectivity index (χ0) is 14.0. The summed E-state index contributed by atoms with van der Waals surface area (Å²) in [7, 11) is -3.44. The maximum atomic E-state index is 12.0. The molecule has 0 aromatic carbocycles. The number of nitrogens with one attached hydrogen (secondary N) is 1. The Hall–Kier alpha value is -0.170. The van der Waals surface area contributed by atoms with Gasteiger partial charge in [-0.25, -0.2) is 0 Å². The molecule has 0 unspecified atom stereocenters. The lowest BCUT2D eigenvalue weighted by Crippen LogP contribution is -2.49. The normalized spacial score (nSPS) is 22.1. The van der Waals surface area contributed by atoms with E-state index < -0.39 is 16.3 Å². The van der Waals surface area contributed by atoms with E-state index >= 15 is 0 Å². The fourth-order valence-corrected chi connectivity index (χ4v) is 3.75. The monoisotopic (exact) mass is 278 g/mol. The van der Waals surface area contributed by atoms with Crippen molar-refractivity contribution in [3.8, 4) is 0 Å². The maximum Gasteiger partial charge on any atom is 0.279 e. The minimum Gasteiger partial charge on any atom is -0.395 e. The Kier molecular flexibility index (Phi) is 5.17. The zero-order valence-electron chi connectivity index (χ0n) is 11.8. The van der Waals surface area contributed by atoms with Gasteiger partial charge in [0.25, 0.3) is 10.2 Å². The van der Waals surface area contributed by atoms with Crippen LogP contribution < -0.4 is 4.72 Å². The Morgan fingerprint density at radius 3 is 2.22 bits per heavy atom. The quantitative estimate of drug-likeness (QED) is 0.805. The lowest BCUT2D eigenvalue weighted by Gasteiger charge is -2.38. The van der Waals surface area contributed by atoms with Crippen molar-refractivity contribution >= 4 is 10.2 Å². The molecule has 0 bridgehead atoms. The van der Waals surface area contributed by atoms with Gasteiger partial charge in [-0.15, -0.1) is 0 Å². The fraction of sp³-hybridized carbons (Fsp3) is 1.00. The highest BCUT2D eigenvalue weighted by Crippen LogP contribution is 2.34. The van der Waals surface area contributed by atoms with Gasteiger partial charge in [0.15, 0.2) is 0 Å². The van der Waals surface area contributed by atoms with E-state index in [1.165, 1.54) is 4.31 Å². The van der Waals surface area contributed by atoms with Crippen LogP contribution in [0.25, 0.3) is 0 Å². The summed E-state index contributed by atoms with van der Waals surface area (Å²) in [5.74, 6) is 0.569. The Morgan fingerprint density at radius 1 is 1.33 bits per heavy atom. The molecule has 0 amide bonds. The number of aliphatic hydroxyl groups is 1. The third-order valence-corrected chi connectivity index (χ3v) is 5.39. The van der Waals surface area contributed by atoms with Gasteiger partial charge in [-0.05, 0) is 31.1 Å². The molecule has 1 saturated heterocycles. The average molecular weight is 278 g/mol. The molecule has 0 aromatic heterocycles. The van der Waals surface area contributed by atoms with E-state index in [1.54, 1.807) is 6.92 Å². The Labute approximate surface area is 111 Å². The highest BCUT2D eigenvalue weighted by Gasteiger charge is 2.33. The van der Waals surface area contributed by atoms with Gasteiger partial charge in [0, 0.05) is 19.1 Å². The first-order chi connectivity index (χ1) is 8.16. The van der Waals surface area contributed by atoms with Gasteiger partial charge >= 0.3 is 0 Å². The number of nitrogens with zero attached hydrogens (tertiary/aromatic N) is 1. The van der Waals surface area contributed by atoms with Crippen molar-refractivity contribution in [1.82, 2.24) is 9.03 Å². The fourth-order valence-electron chi connectivity index (χ4n) is 2.33. The molecular weight excluding hydrogens is 252 g/mol. The first kappa shape index (κ1) is 15.9. The third kappa shape index (κ3) is 4.19. The van der Waals surface area contributed by atoms with Crippen LogP contribution in [0.5, 0.6) is 0 Å². The molecule has 0 radical (unpaired) electrons. The molecule has 108 valence electrons. The van der Waals surface area contributed by atoms with E-state index in [1.807, 2.05) is 0 Å². The van der Waals surface area contributed by atoms with Crippen molar-refractivity contribution in [3.05, 3.63) is 0 Å². The van der Waals surface area contributed by atoms with Crippen LogP contribution >= 0.6 is 0 Å².